The molecule has 11 heavy (non-hydrogen) atoms. The predicted molar refractivity (Wildman–Crippen MR) is 54.4 cm³/mol. The lowest BCUT2D eigenvalue weighted by atomic mass is 10.5. The van der Waals surface area contributed by atoms with Crippen molar-refractivity contribution in [1.29, 1.82) is 0 Å². The lowest BCUT2D eigenvalue weighted by Gasteiger charge is -2.03. The molecule has 0 aliphatic heterocycles. The van der Waals surface area contributed by atoms with Crippen molar-refractivity contribution in [3.8, 4) is 0 Å². The molecular weight excluding hydrogens is 244 g/mol. The summed E-state index contributed by atoms with van der Waals surface area (Å²) in [6, 6.07) is 4.09. The van der Waals surface area contributed by atoms with E-state index < -0.39 is 0 Å². The van der Waals surface area contributed by atoms with E-state index in [1.54, 1.807) is 23.1 Å². The molecule has 0 aromatic carbocycles. The van der Waals surface area contributed by atoms with Gasteiger partial charge in [-0.25, -0.2) is 0 Å². The Morgan fingerprint density at radius 2 is 2.45 bits per heavy atom. The minimum atomic E-state index is 0.236. The highest BCUT2D eigenvalue weighted by molar-refractivity contribution is 9.11. The zero-order valence-electron chi connectivity index (χ0n) is 6.08. The quantitative estimate of drug-likeness (QED) is 0.836. The summed E-state index contributed by atoms with van der Waals surface area (Å²) in [5, 5.41) is 9.07. The van der Waals surface area contributed by atoms with Crippen molar-refractivity contribution in [3.63, 3.8) is 0 Å². The molecular formula is C7H9BrOS2. The molecule has 62 valence electrons. The lowest BCUT2D eigenvalue weighted by Crippen LogP contribution is -2.00. The lowest BCUT2D eigenvalue weighted by molar-refractivity contribution is 0.300. The van der Waals surface area contributed by atoms with E-state index in [1.807, 2.05) is 13.0 Å². The van der Waals surface area contributed by atoms with Crippen LogP contribution in [0.1, 0.15) is 6.92 Å². The number of halogens is 1. The van der Waals surface area contributed by atoms with Crippen LogP contribution in [-0.4, -0.2) is 17.0 Å². The zero-order valence-corrected chi connectivity index (χ0v) is 9.30. The minimum absolute atomic E-state index is 0.236. The van der Waals surface area contributed by atoms with Gasteiger partial charge in [0.15, 0.2) is 0 Å². The van der Waals surface area contributed by atoms with Gasteiger partial charge in [0.25, 0.3) is 0 Å². The molecule has 0 spiro atoms. The standard InChI is InChI=1S/C7H9BrOS2/c1-5(4-9)10-7-3-2-6(8)11-7/h2-3,5,9H,4H2,1H3. The topological polar surface area (TPSA) is 20.2 Å². The van der Waals surface area contributed by atoms with Crippen LogP contribution >= 0.6 is 39.0 Å². The first-order valence-corrected chi connectivity index (χ1v) is 5.74. The van der Waals surface area contributed by atoms with Crippen LogP contribution in [0.2, 0.25) is 0 Å². The van der Waals surface area contributed by atoms with Crippen LogP contribution in [0.15, 0.2) is 20.1 Å². The Balaban J connectivity index is 2.50. The fraction of sp³-hybridized carbons (Fsp3) is 0.429. The Morgan fingerprint density at radius 3 is 2.91 bits per heavy atom. The Bertz CT molecular complexity index is 224. The first kappa shape index (κ1) is 9.58. The van der Waals surface area contributed by atoms with Crippen molar-refractivity contribution in [1.82, 2.24) is 0 Å². The average Bonchev–Trinajstić information content (AvgIpc) is 2.35. The van der Waals surface area contributed by atoms with Crippen LogP contribution in [0.5, 0.6) is 0 Å². The molecule has 1 aromatic heterocycles. The zero-order chi connectivity index (χ0) is 8.27. The smallest absolute Gasteiger partial charge is 0.0710 e. The summed E-state index contributed by atoms with van der Waals surface area (Å²) in [5.41, 5.74) is 0. The van der Waals surface area contributed by atoms with Crippen LogP contribution in [0.3, 0.4) is 0 Å². The highest BCUT2D eigenvalue weighted by Gasteiger charge is 2.03. The Morgan fingerprint density at radius 1 is 1.73 bits per heavy atom. The molecule has 0 fully saturated rings. The van der Waals surface area contributed by atoms with E-state index in [2.05, 4.69) is 22.0 Å². The molecule has 4 heteroatoms. The van der Waals surface area contributed by atoms with Crippen molar-refractivity contribution in [2.75, 3.05) is 6.61 Å². The predicted octanol–water partition coefficient (Wildman–Crippen LogP) is 2.98. The SMILES string of the molecule is CC(CO)Sc1ccc(Br)s1. The maximum absolute atomic E-state index is 8.77. The van der Waals surface area contributed by atoms with Gasteiger partial charge in [-0.05, 0) is 28.1 Å². The van der Waals surface area contributed by atoms with E-state index in [-0.39, 0.29) is 6.61 Å². The summed E-state index contributed by atoms with van der Waals surface area (Å²) in [6.45, 7) is 2.25. The fourth-order valence-electron chi connectivity index (χ4n) is 0.597. The molecule has 0 aliphatic carbocycles. The van der Waals surface area contributed by atoms with E-state index in [0.717, 1.165) is 3.79 Å². The van der Waals surface area contributed by atoms with Gasteiger partial charge in [-0.15, -0.1) is 23.1 Å². The molecule has 1 heterocycles. The van der Waals surface area contributed by atoms with Gasteiger partial charge in [0.1, 0.15) is 0 Å². The molecule has 1 rings (SSSR count). The maximum atomic E-state index is 8.77. The van der Waals surface area contributed by atoms with Gasteiger partial charge in [-0.2, -0.15) is 0 Å². The van der Waals surface area contributed by atoms with Gasteiger partial charge >= 0.3 is 0 Å². The van der Waals surface area contributed by atoms with Crippen molar-refractivity contribution < 1.29 is 5.11 Å². The van der Waals surface area contributed by atoms with Gasteiger partial charge in [0, 0.05) is 5.25 Å². The third-order valence-electron chi connectivity index (χ3n) is 1.12. The highest BCUT2D eigenvalue weighted by atomic mass is 79.9. The first-order valence-electron chi connectivity index (χ1n) is 3.25. The third-order valence-corrected chi connectivity index (χ3v) is 4.00. The van der Waals surface area contributed by atoms with Crippen molar-refractivity contribution in [2.24, 2.45) is 0 Å². The molecule has 0 aliphatic rings. The number of rotatable bonds is 3. The summed E-state index contributed by atoms with van der Waals surface area (Å²) < 4.78 is 2.39. The van der Waals surface area contributed by atoms with E-state index in [9.17, 15) is 0 Å². The second-order valence-electron chi connectivity index (χ2n) is 2.17. The second kappa shape index (κ2) is 4.50. The Hall–Kier alpha value is 0.490. The number of aliphatic hydroxyl groups excluding tert-OH is 1. The molecule has 1 atom stereocenters. The van der Waals surface area contributed by atoms with Crippen LogP contribution in [0.25, 0.3) is 0 Å². The van der Waals surface area contributed by atoms with Gasteiger partial charge < -0.3 is 5.11 Å². The van der Waals surface area contributed by atoms with Gasteiger partial charge in [0.05, 0.1) is 14.6 Å². The average molecular weight is 253 g/mol. The summed E-state index contributed by atoms with van der Waals surface area (Å²) in [5.74, 6) is 0. The third kappa shape index (κ3) is 3.15. The van der Waals surface area contributed by atoms with E-state index in [0.29, 0.717) is 5.25 Å². The monoisotopic (exact) mass is 252 g/mol. The van der Waals surface area contributed by atoms with Crippen molar-refractivity contribution in [2.45, 2.75) is 16.4 Å². The van der Waals surface area contributed by atoms with Gasteiger partial charge in [-0.3, -0.25) is 0 Å². The summed E-state index contributed by atoms with van der Waals surface area (Å²) in [6.07, 6.45) is 0. The maximum Gasteiger partial charge on any atom is 0.0710 e. The van der Waals surface area contributed by atoms with Crippen LogP contribution in [0, 0.1) is 0 Å². The number of hydrogen-bond donors (Lipinski definition) is 1. The van der Waals surface area contributed by atoms with Gasteiger partial charge in [-0.1, -0.05) is 6.92 Å². The van der Waals surface area contributed by atoms with Gasteiger partial charge in [0.2, 0.25) is 0 Å². The molecule has 1 aromatic rings. The van der Waals surface area contributed by atoms with Crippen molar-refractivity contribution in [3.05, 3.63) is 15.9 Å². The largest absolute Gasteiger partial charge is 0.395 e. The number of hydrogen-bond acceptors (Lipinski definition) is 3. The van der Waals surface area contributed by atoms with E-state index in [4.69, 9.17) is 5.11 Å². The highest BCUT2D eigenvalue weighted by Crippen LogP contribution is 2.32. The van der Waals surface area contributed by atoms with Crippen LogP contribution < -0.4 is 0 Å². The second-order valence-corrected chi connectivity index (χ2v) is 6.37. The Labute approximate surface area is 83.0 Å². The fourth-order valence-corrected chi connectivity index (χ4v) is 3.61. The Kier molecular flexibility index (Phi) is 3.92. The molecule has 0 saturated heterocycles. The summed E-state index contributed by atoms with van der Waals surface area (Å²) in [7, 11) is 0. The molecule has 0 bridgehead atoms. The van der Waals surface area contributed by atoms with Crippen LogP contribution in [0.4, 0.5) is 0 Å². The van der Waals surface area contributed by atoms with E-state index >= 15 is 0 Å². The number of thioether (sulfide) groups is 1. The molecule has 1 N–H and O–H groups in total. The minimum Gasteiger partial charge on any atom is -0.395 e. The number of thiophene rings is 1. The van der Waals surface area contributed by atoms with Crippen LogP contribution in [-0.2, 0) is 0 Å². The normalized spacial score (nSPS) is 13.4. The molecule has 1 unspecified atom stereocenters. The number of aliphatic hydroxyl groups is 1. The molecule has 0 radical (unpaired) electrons. The van der Waals surface area contributed by atoms with Crippen molar-refractivity contribution >= 4 is 39.0 Å². The first-order chi connectivity index (χ1) is 5.22. The van der Waals surface area contributed by atoms with E-state index in [1.165, 1.54) is 4.21 Å². The molecule has 0 amide bonds. The summed E-state index contributed by atoms with van der Waals surface area (Å²) >= 11 is 6.79. The molecule has 0 saturated carbocycles. The summed E-state index contributed by atoms with van der Waals surface area (Å²) in [4.78, 5) is 0. The molecule has 1 nitrogen and oxygen atoms in total.